The van der Waals surface area contributed by atoms with E-state index in [1.54, 1.807) is 6.92 Å². The molecule has 0 aliphatic heterocycles. The first-order valence-corrected chi connectivity index (χ1v) is 5.88. The molecular weight excluding hydrogens is 143 g/mol. The lowest BCUT2D eigenvalue weighted by Crippen LogP contribution is -1.76. The zero-order valence-corrected chi connectivity index (χ0v) is 9.14. The second-order valence-electron chi connectivity index (χ2n) is 1.67. The van der Waals surface area contributed by atoms with Crippen molar-refractivity contribution in [2.45, 2.75) is 31.3 Å². The van der Waals surface area contributed by atoms with Crippen LogP contribution in [0.5, 0.6) is 0 Å². The maximum atomic E-state index is 7.57. The fourth-order valence-corrected chi connectivity index (χ4v) is 1.06. The highest BCUT2D eigenvalue weighted by molar-refractivity contribution is 6.34. The molecule has 0 aromatic carbocycles. The van der Waals surface area contributed by atoms with E-state index < -0.39 is 0 Å². The molecule has 0 heterocycles. The van der Waals surface area contributed by atoms with Gasteiger partial charge in [-0.2, -0.15) is 0 Å². The monoisotopic (exact) mass is 164 g/mol. The third kappa shape index (κ3) is 78.1. The van der Waals surface area contributed by atoms with E-state index in [1.807, 2.05) is 0 Å². The van der Waals surface area contributed by atoms with Gasteiger partial charge < -0.3 is 10.2 Å². The summed E-state index contributed by atoms with van der Waals surface area (Å²) in [4.78, 5) is 0. The number of hydrogen-bond donors (Lipinski definition) is 2. The van der Waals surface area contributed by atoms with Gasteiger partial charge in [-0.3, -0.25) is 0 Å². The highest BCUT2D eigenvalue weighted by Gasteiger charge is 1.76. The van der Waals surface area contributed by atoms with Gasteiger partial charge in [0.25, 0.3) is 0 Å². The van der Waals surface area contributed by atoms with E-state index >= 15 is 0 Å². The lowest BCUT2D eigenvalue weighted by Gasteiger charge is -1.73. The highest BCUT2D eigenvalue weighted by atomic mass is 27.1. The molecule has 0 bridgehead atoms. The zero-order chi connectivity index (χ0) is 8.83. The van der Waals surface area contributed by atoms with E-state index in [1.165, 1.54) is 10.6 Å². The van der Waals surface area contributed by atoms with Gasteiger partial charge in [0.15, 0.2) is 0 Å². The molecule has 0 aliphatic rings. The van der Waals surface area contributed by atoms with Gasteiger partial charge in [-0.05, 0) is 6.92 Å². The second kappa shape index (κ2) is 34.1. The van der Waals surface area contributed by atoms with Crippen LogP contribution in [0.25, 0.3) is 0 Å². The molecule has 0 unspecified atom stereocenters. The van der Waals surface area contributed by atoms with Crippen molar-refractivity contribution in [1.29, 1.82) is 0 Å². The largest absolute Gasteiger partial charge is 0.400 e. The van der Waals surface area contributed by atoms with Gasteiger partial charge in [0.2, 0.25) is 15.2 Å². The lowest BCUT2D eigenvalue weighted by atomic mass is 10.9. The maximum absolute atomic E-state index is 7.57. The van der Waals surface area contributed by atoms with Crippen LogP contribution in [0.1, 0.15) is 20.8 Å². The van der Waals surface area contributed by atoms with Crippen molar-refractivity contribution in [2.24, 2.45) is 0 Å². The Balaban J connectivity index is -0.0000000847. The third-order valence-electron chi connectivity index (χ3n) is 0.707. The van der Waals surface area contributed by atoms with E-state index in [0.717, 1.165) is 7.11 Å². The van der Waals surface area contributed by atoms with Crippen molar-refractivity contribution in [2.75, 3.05) is 13.7 Å². The number of rotatable bonds is 2. The van der Waals surface area contributed by atoms with Crippen molar-refractivity contribution in [1.82, 2.24) is 0 Å². The molecule has 0 rings (SSSR count). The minimum Gasteiger partial charge on any atom is -0.400 e. The zero-order valence-electron chi connectivity index (χ0n) is 7.72. The van der Waals surface area contributed by atoms with E-state index in [2.05, 4.69) is 13.8 Å². The van der Waals surface area contributed by atoms with Crippen LogP contribution in [0, 0.1) is 0 Å². The second-order valence-corrected chi connectivity index (χ2v) is 4.38. The standard InChI is InChI=1S/C2H6O.2C2H5.CH4O.Al.H/c1-2-3;3*1-2;;/h3H,2H2,1H3;2*1H2,2H3;2H,1H3;;. The van der Waals surface area contributed by atoms with Crippen LogP contribution >= 0.6 is 0 Å². The van der Waals surface area contributed by atoms with Crippen LogP contribution in [0.3, 0.4) is 0 Å². The van der Waals surface area contributed by atoms with Crippen LogP contribution in [-0.4, -0.2) is 39.1 Å². The van der Waals surface area contributed by atoms with Crippen molar-refractivity contribution in [3.8, 4) is 0 Å². The highest BCUT2D eigenvalue weighted by Crippen LogP contribution is 1.77. The van der Waals surface area contributed by atoms with Gasteiger partial charge in [0.05, 0.1) is 0 Å². The summed E-state index contributed by atoms with van der Waals surface area (Å²) < 4.78 is 0. The first kappa shape index (κ1) is 16.8. The summed E-state index contributed by atoms with van der Waals surface area (Å²) in [6, 6.07) is 0. The molecule has 0 saturated heterocycles. The Kier molecular flexibility index (Phi) is 57.3. The number of hydrogen-bond acceptors (Lipinski definition) is 2. The van der Waals surface area contributed by atoms with Gasteiger partial charge in [0, 0.05) is 13.7 Å². The first-order valence-electron chi connectivity index (χ1n) is 3.88. The molecule has 0 fully saturated rings. The van der Waals surface area contributed by atoms with Crippen LogP contribution in [0.4, 0.5) is 0 Å². The summed E-state index contributed by atoms with van der Waals surface area (Å²) in [5, 5.41) is 17.5. The smallest absolute Gasteiger partial charge is 0.236 e. The Hall–Kier alpha value is 0.452. The molecule has 0 spiro atoms. The van der Waals surface area contributed by atoms with E-state index in [4.69, 9.17) is 10.2 Å². The predicted molar refractivity (Wildman–Crippen MR) is 49.0 cm³/mol. The molecule has 3 heteroatoms. The van der Waals surface area contributed by atoms with Crippen molar-refractivity contribution >= 4 is 15.2 Å². The van der Waals surface area contributed by atoms with Gasteiger partial charge in [-0.15, -0.1) is 10.6 Å². The van der Waals surface area contributed by atoms with E-state index in [-0.39, 0.29) is 6.61 Å². The molecule has 10 heavy (non-hydrogen) atoms. The summed E-state index contributed by atoms with van der Waals surface area (Å²) in [7, 11) is 1.00. The Morgan fingerprint density at radius 2 is 1.20 bits per heavy atom. The summed E-state index contributed by atoms with van der Waals surface area (Å²) >= 11 is 0.432. The summed E-state index contributed by atoms with van der Waals surface area (Å²) in [5.74, 6) is 0. The first-order chi connectivity index (χ1) is 4.83. The molecule has 0 aromatic rings. The number of aliphatic hydroxyl groups excluding tert-OH is 2. The minimum atomic E-state index is 0.250. The average Bonchev–Trinajstić information content (AvgIpc) is 1.96. The fourth-order valence-electron chi connectivity index (χ4n) is 0.354. The summed E-state index contributed by atoms with van der Waals surface area (Å²) in [6.45, 7) is 6.48. The topological polar surface area (TPSA) is 40.5 Å². The fraction of sp³-hybridized carbons (Fsp3) is 1.00. The Morgan fingerprint density at radius 3 is 1.20 bits per heavy atom. The SMILES string of the molecule is CCO.CO.C[CH2][AlH][CH2]C. The Morgan fingerprint density at radius 1 is 1.00 bits per heavy atom. The average molecular weight is 164 g/mol. The molecule has 0 saturated carbocycles. The molecule has 2 nitrogen and oxygen atoms in total. The Labute approximate surface area is 71.0 Å². The van der Waals surface area contributed by atoms with Crippen LogP contribution < -0.4 is 0 Å². The quantitative estimate of drug-likeness (QED) is 0.595. The maximum Gasteiger partial charge on any atom is 0.236 e. The van der Waals surface area contributed by atoms with Crippen LogP contribution in [0.2, 0.25) is 10.6 Å². The van der Waals surface area contributed by atoms with Crippen LogP contribution in [-0.2, 0) is 0 Å². The lowest BCUT2D eigenvalue weighted by molar-refractivity contribution is 0.318. The van der Waals surface area contributed by atoms with Crippen LogP contribution in [0.15, 0.2) is 0 Å². The van der Waals surface area contributed by atoms with E-state index in [0.29, 0.717) is 15.2 Å². The molecule has 0 atom stereocenters. The molecule has 0 aliphatic carbocycles. The molecule has 0 radical (unpaired) electrons. The molecule has 0 aromatic heterocycles. The molecule has 64 valence electrons. The summed E-state index contributed by atoms with van der Waals surface area (Å²) in [5.41, 5.74) is 0. The summed E-state index contributed by atoms with van der Waals surface area (Å²) in [6.07, 6.45) is 0. The van der Waals surface area contributed by atoms with Gasteiger partial charge >= 0.3 is 0 Å². The molecule has 0 amide bonds. The normalized spacial score (nSPS) is 6.20. The van der Waals surface area contributed by atoms with Crippen molar-refractivity contribution < 1.29 is 10.2 Å². The minimum absolute atomic E-state index is 0.250. The van der Waals surface area contributed by atoms with Gasteiger partial charge in [-0.25, -0.2) is 0 Å². The van der Waals surface area contributed by atoms with Crippen molar-refractivity contribution in [3.63, 3.8) is 0 Å². The van der Waals surface area contributed by atoms with E-state index in [9.17, 15) is 0 Å². The molecule has 2 N–H and O–H groups in total. The Bertz CT molecular complexity index is 25.6. The van der Waals surface area contributed by atoms with Gasteiger partial charge in [0.1, 0.15) is 0 Å². The van der Waals surface area contributed by atoms with Crippen molar-refractivity contribution in [3.05, 3.63) is 0 Å². The van der Waals surface area contributed by atoms with Gasteiger partial charge in [-0.1, -0.05) is 13.8 Å². The number of aliphatic hydroxyl groups is 2. The predicted octanol–water partition coefficient (Wildman–Crippen LogP) is 0.906. The molecular formula is C7H21AlO2. The third-order valence-corrected chi connectivity index (χ3v) is 2.12.